The second-order valence-corrected chi connectivity index (χ2v) is 32.6. The molecule has 12 heterocycles. The topological polar surface area (TPSA) is 276 Å². The van der Waals surface area contributed by atoms with Gasteiger partial charge in [0.1, 0.15) is 20.6 Å². The van der Waals surface area contributed by atoms with Gasteiger partial charge in [-0.05, 0) is 242 Å². The van der Waals surface area contributed by atoms with E-state index in [0.29, 0.717) is 25.1 Å². The second kappa shape index (κ2) is 32.0. The molecule has 0 bridgehead atoms. The van der Waals surface area contributed by atoms with Crippen molar-refractivity contribution in [2.75, 3.05) is 0 Å². The van der Waals surface area contributed by atoms with Crippen LogP contribution in [0.5, 0.6) is 0 Å². The Bertz CT molecular complexity index is 5740. The Morgan fingerprint density at radius 2 is 0.827 bits per heavy atom. The molecule has 0 fully saturated rings. The minimum Gasteiger partial charge on any atom is -0.346 e. The number of aromatic nitrogens is 12. The molecule has 29 heteroatoms. The lowest BCUT2D eigenvalue weighted by atomic mass is 10.2. The molecule has 0 atom stereocenters. The maximum absolute atomic E-state index is 12.8. The number of halogens is 5. The van der Waals surface area contributed by atoms with Crippen LogP contribution < -0.4 is 0 Å². The van der Waals surface area contributed by atoms with Crippen molar-refractivity contribution >= 4 is 193 Å². The first-order valence-corrected chi connectivity index (χ1v) is 39.5. The van der Waals surface area contributed by atoms with Gasteiger partial charge in [0.15, 0.2) is 16.9 Å². The van der Waals surface area contributed by atoms with Crippen LogP contribution in [0, 0.1) is 28.2 Å². The summed E-state index contributed by atoms with van der Waals surface area (Å²) in [4.78, 5) is 35.1. The Balaban J connectivity index is 0.000000127. The van der Waals surface area contributed by atoms with Crippen LogP contribution in [0.2, 0.25) is 0 Å². The number of aromatic amines is 3. The molecule has 3 N–H and O–H groups in total. The maximum atomic E-state index is 12.8. The van der Waals surface area contributed by atoms with Crippen molar-refractivity contribution in [2.24, 2.45) is 0 Å². The second-order valence-electron chi connectivity index (χ2n) is 20.8. The van der Waals surface area contributed by atoms with E-state index in [-0.39, 0.29) is 19.6 Å². The predicted molar refractivity (Wildman–Crippen MR) is 409 cm³/mol. The monoisotopic (exact) mass is 1750 g/mol. The van der Waals surface area contributed by atoms with Gasteiger partial charge >= 0.3 is 0 Å². The van der Waals surface area contributed by atoms with Gasteiger partial charge in [-0.1, -0.05) is 72.8 Å². The van der Waals surface area contributed by atoms with Crippen molar-refractivity contribution in [3.63, 3.8) is 0 Å². The van der Waals surface area contributed by atoms with Crippen LogP contribution in [0.15, 0.2) is 291 Å². The number of hydrogen-bond donors (Lipinski definition) is 3. The van der Waals surface area contributed by atoms with E-state index in [1.807, 2.05) is 86.9 Å². The highest BCUT2D eigenvalue weighted by atomic mass is 127. The van der Waals surface area contributed by atoms with Gasteiger partial charge in [-0.15, -0.1) is 0 Å². The Labute approximate surface area is 612 Å². The molecule has 0 aliphatic rings. The molecule has 0 amide bonds. The molecule has 0 aliphatic heterocycles. The number of fused-ring (bicyclic) bond motifs is 6. The van der Waals surface area contributed by atoms with Gasteiger partial charge in [0.2, 0.25) is 0 Å². The molecule has 0 saturated heterocycles. The smallest absolute Gasteiger partial charge is 0.270 e. The predicted octanol–water partition coefficient (Wildman–Crippen LogP) is 16.8. The quantitative estimate of drug-likeness (QED) is 0.0989. The highest BCUT2D eigenvalue weighted by Crippen LogP contribution is 2.31. The summed E-state index contributed by atoms with van der Waals surface area (Å²) in [7, 11) is -9.34. The van der Waals surface area contributed by atoms with Crippen molar-refractivity contribution in [2.45, 2.75) is 40.4 Å². The van der Waals surface area contributed by atoms with Gasteiger partial charge in [-0.2, -0.15) is 0 Å². The lowest BCUT2D eigenvalue weighted by molar-refractivity contribution is 0.586. The molecular formula is C69H55Br2ClI2N12O8S4. The molecule has 20 nitrogen and oxygen atoms in total. The molecule has 0 radical (unpaired) electrons. The van der Waals surface area contributed by atoms with Gasteiger partial charge in [-0.25, -0.2) is 75.5 Å². The summed E-state index contributed by atoms with van der Waals surface area (Å²) in [6.07, 6.45) is 17.0. The van der Waals surface area contributed by atoms with Crippen LogP contribution in [0.3, 0.4) is 0 Å². The standard InChI is InChI=1S/C14H11IN2O2S.C14H12N2O2S.C13H9BrN2O2S.C8H7IN2.C7H5BrN2.C7H6N2.C6H5ClO2S/c1-10-12-8-5-9-16-14(12)17(13(10)15)20(18,19)11-6-3-2-4-7-11;1-11-10-16(14-13(11)8-5-9-15-14)19(17,18)12-6-3-2-4-7-12;14-12-9-16(13-11(12)7-4-8-15-13)19(17,18)10-5-2-1-3-6-10;1-5-6-3-2-4-10-8(6)11-7(5)9;8-6-4-10-7-5(6)2-1-3-9-7;1-2-6-3-5-9-7(6)8-4-1;7-10(8,9)6-4-2-1-3-5-6/h2-9H,1H3;2-10H,1H3;1-9H;2-4H,1H3,(H,10,11);1-4H,(H,9,10);1-5H,(H,8,9);1-5H. The Hall–Kier alpha value is -8.47. The first-order chi connectivity index (χ1) is 47.0. The number of nitrogens with zero attached hydrogens (tertiary/aromatic N) is 9. The number of aryl methyl sites for hydroxylation is 3. The molecule has 0 aliphatic carbocycles. The Morgan fingerprint density at radius 3 is 1.34 bits per heavy atom. The van der Waals surface area contributed by atoms with Gasteiger partial charge in [0.05, 0.1) is 23.3 Å². The molecule has 498 valence electrons. The van der Waals surface area contributed by atoms with Crippen LogP contribution >= 0.6 is 87.7 Å². The molecule has 4 aromatic carbocycles. The summed E-state index contributed by atoms with van der Waals surface area (Å²) in [5.41, 5.74) is 7.31. The fraction of sp³-hybridized carbons (Fsp3) is 0.0435. The summed E-state index contributed by atoms with van der Waals surface area (Å²) in [6, 6.07) is 57.8. The summed E-state index contributed by atoms with van der Waals surface area (Å²) < 4.78 is 104. The van der Waals surface area contributed by atoms with E-state index in [9.17, 15) is 33.7 Å². The lowest BCUT2D eigenvalue weighted by Crippen LogP contribution is -2.15. The summed E-state index contributed by atoms with van der Waals surface area (Å²) in [5.74, 6) is 0. The van der Waals surface area contributed by atoms with Gasteiger partial charge in [0.25, 0.3) is 39.1 Å². The summed E-state index contributed by atoms with van der Waals surface area (Å²) >= 11 is 11.1. The lowest BCUT2D eigenvalue weighted by Gasteiger charge is -2.08. The minimum absolute atomic E-state index is 0.136. The molecule has 12 aromatic heterocycles. The molecule has 0 spiro atoms. The summed E-state index contributed by atoms with van der Waals surface area (Å²) in [6.45, 7) is 5.88. The SMILES string of the molecule is Brc1c[nH]c2ncccc12.Cc1c(I)[nH]c2ncccc12.Cc1c(I)n(S(=O)(=O)c2ccccc2)c2ncccc12.Cc1cn(S(=O)(=O)c2ccccc2)c2ncccc12.O=S(=O)(Cl)c1ccccc1.O=S(=O)(c1ccccc1)n1cc(Br)c2cccnc21.c1cnc2[nH]ccc2c1. The van der Waals surface area contributed by atoms with Crippen LogP contribution in [0.4, 0.5) is 0 Å². The first-order valence-electron chi connectivity index (χ1n) is 29.1. The summed E-state index contributed by atoms with van der Waals surface area (Å²) in [5, 5.41) is 5.98. The third-order valence-electron chi connectivity index (χ3n) is 14.5. The van der Waals surface area contributed by atoms with Crippen LogP contribution in [-0.2, 0) is 39.1 Å². The number of rotatable bonds is 7. The first kappa shape index (κ1) is 72.3. The fourth-order valence-electron chi connectivity index (χ4n) is 9.60. The van der Waals surface area contributed by atoms with Crippen molar-refractivity contribution in [1.29, 1.82) is 0 Å². The average Bonchev–Trinajstić information content (AvgIpc) is 1.59. The zero-order valence-electron chi connectivity index (χ0n) is 51.6. The molecule has 0 unspecified atom stereocenters. The molecule has 0 saturated carbocycles. The van der Waals surface area contributed by atoms with E-state index in [4.69, 9.17) is 10.7 Å². The van der Waals surface area contributed by atoms with E-state index >= 15 is 0 Å². The molecule has 16 rings (SSSR count). The molecule has 98 heavy (non-hydrogen) atoms. The van der Waals surface area contributed by atoms with Gasteiger partial charge in [-0.3, -0.25) is 0 Å². The van der Waals surface area contributed by atoms with Crippen LogP contribution in [-0.4, -0.2) is 90.4 Å². The third kappa shape index (κ3) is 16.6. The zero-order chi connectivity index (χ0) is 69.8. The van der Waals surface area contributed by atoms with E-state index in [0.717, 1.165) is 59.5 Å². The Kier molecular flexibility index (Phi) is 23.6. The minimum atomic E-state index is -3.63. The van der Waals surface area contributed by atoms with Crippen LogP contribution in [0.25, 0.3) is 66.2 Å². The number of nitrogens with one attached hydrogen (secondary N) is 3. The highest BCUT2D eigenvalue weighted by Gasteiger charge is 2.26. The van der Waals surface area contributed by atoms with Gasteiger partial charge in [0, 0.05) is 114 Å². The molecule has 16 aromatic rings. The van der Waals surface area contributed by atoms with Crippen molar-refractivity contribution in [1.82, 2.24) is 56.8 Å². The molecular weight excluding hydrogens is 1700 g/mol. The van der Waals surface area contributed by atoms with E-state index in [1.165, 1.54) is 44.9 Å². The van der Waals surface area contributed by atoms with Crippen molar-refractivity contribution < 1.29 is 33.7 Å². The number of benzene rings is 4. The normalized spacial score (nSPS) is 11.4. The number of pyridine rings is 6. The van der Waals surface area contributed by atoms with E-state index in [1.54, 1.807) is 165 Å². The highest BCUT2D eigenvalue weighted by molar-refractivity contribution is 14.1. The number of hydrogen-bond acceptors (Lipinski definition) is 14. The van der Waals surface area contributed by atoms with Crippen molar-refractivity contribution in [3.8, 4) is 0 Å². The van der Waals surface area contributed by atoms with Crippen LogP contribution in [0.1, 0.15) is 16.7 Å². The van der Waals surface area contributed by atoms with Crippen molar-refractivity contribution in [3.05, 3.63) is 295 Å². The Morgan fingerprint density at radius 1 is 0.398 bits per heavy atom. The fourth-order valence-corrected chi connectivity index (χ4v) is 17.5. The maximum Gasteiger partial charge on any atom is 0.270 e. The average molecular weight is 1760 g/mol. The van der Waals surface area contributed by atoms with E-state index in [2.05, 4.69) is 135 Å². The number of H-pyrrole nitrogens is 3. The third-order valence-corrected chi connectivity index (χ3v) is 24.9. The largest absolute Gasteiger partial charge is 0.346 e. The zero-order valence-corrected chi connectivity index (χ0v) is 63.1. The van der Waals surface area contributed by atoms with E-state index < -0.39 is 39.1 Å². The van der Waals surface area contributed by atoms with Gasteiger partial charge < -0.3 is 15.0 Å².